The number of aromatic nitrogens is 5. The Balaban J connectivity index is 1.16. The Bertz CT molecular complexity index is 860. The molecule has 0 aromatic carbocycles. The van der Waals surface area contributed by atoms with E-state index in [-0.39, 0.29) is 5.56 Å². The molecule has 0 spiro atoms. The zero-order valence-electron chi connectivity index (χ0n) is 15.9. The van der Waals surface area contributed by atoms with Crippen molar-refractivity contribution in [3.63, 3.8) is 0 Å². The lowest BCUT2D eigenvalue weighted by Crippen LogP contribution is -2.36. The maximum absolute atomic E-state index is 12.4. The number of hydrogen-bond donors (Lipinski definition) is 0. The SMILES string of the molecule is O=c1cc(C2CC2)ncn1CC1CCN(Cc2nnc3n2CCCC3)CC1. The maximum atomic E-state index is 12.4. The largest absolute Gasteiger partial charge is 0.314 e. The summed E-state index contributed by atoms with van der Waals surface area (Å²) in [7, 11) is 0. The average Bonchev–Trinajstić information content (AvgIpc) is 3.47. The first-order chi connectivity index (χ1) is 13.3. The van der Waals surface area contributed by atoms with Crippen LogP contribution in [0.2, 0.25) is 0 Å². The van der Waals surface area contributed by atoms with Crippen LogP contribution in [0.15, 0.2) is 17.2 Å². The van der Waals surface area contributed by atoms with E-state index in [0.29, 0.717) is 11.8 Å². The first-order valence-electron chi connectivity index (χ1n) is 10.5. The molecule has 2 aromatic rings. The fourth-order valence-electron chi connectivity index (χ4n) is 4.47. The summed E-state index contributed by atoms with van der Waals surface area (Å²) in [5.41, 5.74) is 1.10. The number of hydrogen-bond acceptors (Lipinski definition) is 5. The lowest BCUT2D eigenvalue weighted by Gasteiger charge is -2.32. The van der Waals surface area contributed by atoms with E-state index in [1.165, 1.54) is 25.7 Å². The van der Waals surface area contributed by atoms with E-state index in [0.717, 1.165) is 69.3 Å². The summed E-state index contributed by atoms with van der Waals surface area (Å²) in [5, 5.41) is 8.80. The molecule has 7 nitrogen and oxygen atoms in total. The van der Waals surface area contributed by atoms with Crippen LogP contribution in [-0.2, 0) is 26.1 Å². The highest BCUT2D eigenvalue weighted by atomic mass is 16.1. The van der Waals surface area contributed by atoms with Gasteiger partial charge in [-0.3, -0.25) is 14.3 Å². The number of aryl methyl sites for hydroxylation is 1. The molecule has 2 aliphatic heterocycles. The van der Waals surface area contributed by atoms with Crippen molar-refractivity contribution in [2.75, 3.05) is 13.1 Å². The van der Waals surface area contributed by atoms with Gasteiger partial charge in [-0.05, 0) is 57.5 Å². The Labute approximate surface area is 159 Å². The number of likely N-dealkylation sites (tertiary alicyclic amines) is 1. The molecule has 27 heavy (non-hydrogen) atoms. The van der Waals surface area contributed by atoms with Gasteiger partial charge < -0.3 is 4.57 Å². The van der Waals surface area contributed by atoms with Crippen LogP contribution >= 0.6 is 0 Å². The molecular weight excluding hydrogens is 340 g/mol. The van der Waals surface area contributed by atoms with E-state index in [9.17, 15) is 4.79 Å². The molecule has 2 aromatic heterocycles. The summed E-state index contributed by atoms with van der Waals surface area (Å²) in [5.74, 6) is 3.38. The van der Waals surface area contributed by atoms with Gasteiger partial charge in [-0.2, -0.15) is 0 Å². The fraction of sp³-hybridized carbons (Fsp3) is 0.700. The van der Waals surface area contributed by atoms with Crippen molar-refractivity contribution in [2.45, 2.75) is 70.5 Å². The van der Waals surface area contributed by atoms with Gasteiger partial charge in [-0.25, -0.2) is 4.98 Å². The topological polar surface area (TPSA) is 68.8 Å². The molecule has 2 fully saturated rings. The lowest BCUT2D eigenvalue weighted by molar-refractivity contribution is 0.161. The summed E-state index contributed by atoms with van der Waals surface area (Å²) < 4.78 is 4.13. The number of piperidine rings is 1. The van der Waals surface area contributed by atoms with E-state index in [2.05, 4.69) is 24.6 Å². The van der Waals surface area contributed by atoms with Gasteiger partial charge in [0.05, 0.1) is 18.6 Å². The molecular formula is C20H28N6O. The first-order valence-corrected chi connectivity index (χ1v) is 10.5. The van der Waals surface area contributed by atoms with Crippen LogP contribution in [-0.4, -0.2) is 42.3 Å². The van der Waals surface area contributed by atoms with Crippen LogP contribution in [0, 0.1) is 5.92 Å². The molecule has 144 valence electrons. The van der Waals surface area contributed by atoms with Crippen molar-refractivity contribution in [1.82, 2.24) is 29.2 Å². The third-order valence-electron chi connectivity index (χ3n) is 6.36. The van der Waals surface area contributed by atoms with Crippen molar-refractivity contribution >= 4 is 0 Å². The number of rotatable bonds is 5. The molecule has 7 heteroatoms. The minimum absolute atomic E-state index is 0.115. The normalized spacial score (nSPS) is 21.3. The van der Waals surface area contributed by atoms with E-state index in [1.807, 2.05) is 0 Å². The molecule has 4 heterocycles. The average molecular weight is 368 g/mol. The quantitative estimate of drug-likeness (QED) is 0.807. The van der Waals surface area contributed by atoms with Gasteiger partial charge in [-0.1, -0.05) is 0 Å². The van der Waals surface area contributed by atoms with Crippen molar-refractivity contribution in [2.24, 2.45) is 5.92 Å². The summed E-state index contributed by atoms with van der Waals surface area (Å²) in [6.07, 6.45) is 9.92. The Hall–Kier alpha value is -2.02. The van der Waals surface area contributed by atoms with Gasteiger partial charge in [0, 0.05) is 31.5 Å². The van der Waals surface area contributed by atoms with E-state index < -0.39 is 0 Å². The molecule has 0 atom stereocenters. The van der Waals surface area contributed by atoms with E-state index in [1.54, 1.807) is 17.0 Å². The van der Waals surface area contributed by atoms with Gasteiger partial charge in [-0.15, -0.1) is 10.2 Å². The van der Waals surface area contributed by atoms with Gasteiger partial charge in [0.25, 0.3) is 5.56 Å². The van der Waals surface area contributed by atoms with Gasteiger partial charge >= 0.3 is 0 Å². The van der Waals surface area contributed by atoms with Crippen molar-refractivity contribution in [1.29, 1.82) is 0 Å². The third-order valence-corrected chi connectivity index (χ3v) is 6.36. The van der Waals surface area contributed by atoms with E-state index in [4.69, 9.17) is 0 Å². The van der Waals surface area contributed by atoms with Gasteiger partial charge in [0.2, 0.25) is 0 Å². The summed E-state index contributed by atoms with van der Waals surface area (Å²) in [6, 6.07) is 1.75. The number of nitrogens with zero attached hydrogens (tertiary/aromatic N) is 6. The number of fused-ring (bicyclic) bond motifs is 1. The molecule has 1 aliphatic carbocycles. The molecule has 1 saturated heterocycles. The predicted molar refractivity (Wildman–Crippen MR) is 101 cm³/mol. The molecule has 5 rings (SSSR count). The van der Waals surface area contributed by atoms with Crippen LogP contribution < -0.4 is 5.56 Å². The minimum atomic E-state index is 0.115. The van der Waals surface area contributed by atoms with E-state index >= 15 is 0 Å². The van der Waals surface area contributed by atoms with Crippen molar-refractivity contribution in [3.05, 3.63) is 40.1 Å². The highest BCUT2D eigenvalue weighted by molar-refractivity contribution is 5.12. The Kier molecular flexibility index (Phi) is 4.55. The van der Waals surface area contributed by atoms with Crippen molar-refractivity contribution in [3.8, 4) is 0 Å². The van der Waals surface area contributed by atoms with Gasteiger partial charge in [0.1, 0.15) is 11.6 Å². The zero-order chi connectivity index (χ0) is 18.2. The second-order valence-corrected chi connectivity index (χ2v) is 8.44. The van der Waals surface area contributed by atoms with Gasteiger partial charge in [0.15, 0.2) is 0 Å². The standard InChI is InChI=1S/C20H28N6O/c27-20-11-17(16-4-5-16)21-14-25(20)12-15-6-9-24(10-7-15)13-19-23-22-18-3-1-2-8-26(18)19/h11,14-16H,1-10,12-13H2. The lowest BCUT2D eigenvalue weighted by atomic mass is 9.96. The van der Waals surface area contributed by atoms with Crippen molar-refractivity contribution < 1.29 is 0 Å². The molecule has 0 bridgehead atoms. The summed E-state index contributed by atoms with van der Waals surface area (Å²) in [4.78, 5) is 19.3. The molecule has 0 radical (unpaired) electrons. The minimum Gasteiger partial charge on any atom is -0.314 e. The molecule has 0 unspecified atom stereocenters. The highest BCUT2D eigenvalue weighted by Gasteiger charge is 2.26. The molecule has 0 N–H and O–H groups in total. The second kappa shape index (κ2) is 7.19. The van der Waals surface area contributed by atoms with Crippen LogP contribution in [0.4, 0.5) is 0 Å². The van der Waals surface area contributed by atoms with Crippen LogP contribution in [0.1, 0.15) is 61.8 Å². The third kappa shape index (κ3) is 3.70. The first kappa shape index (κ1) is 17.1. The molecule has 3 aliphatic rings. The smallest absolute Gasteiger partial charge is 0.253 e. The summed E-state index contributed by atoms with van der Waals surface area (Å²) in [6.45, 7) is 4.90. The Morgan fingerprint density at radius 2 is 1.89 bits per heavy atom. The Morgan fingerprint density at radius 1 is 1.04 bits per heavy atom. The second-order valence-electron chi connectivity index (χ2n) is 8.44. The van der Waals surface area contributed by atoms with Crippen LogP contribution in [0.25, 0.3) is 0 Å². The highest BCUT2D eigenvalue weighted by Crippen LogP contribution is 2.38. The van der Waals surface area contributed by atoms with Crippen LogP contribution in [0.5, 0.6) is 0 Å². The fourth-order valence-corrected chi connectivity index (χ4v) is 4.47. The molecule has 0 amide bonds. The predicted octanol–water partition coefficient (Wildman–Crippen LogP) is 1.96. The zero-order valence-corrected chi connectivity index (χ0v) is 15.9. The molecule has 1 saturated carbocycles. The Morgan fingerprint density at radius 3 is 2.67 bits per heavy atom. The van der Waals surface area contributed by atoms with Crippen LogP contribution in [0.3, 0.4) is 0 Å². The monoisotopic (exact) mass is 368 g/mol. The summed E-state index contributed by atoms with van der Waals surface area (Å²) >= 11 is 0. The maximum Gasteiger partial charge on any atom is 0.253 e.